The maximum Gasteiger partial charge on any atom is 0.0768 e. The lowest BCUT2D eigenvalue weighted by Crippen LogP contribution is -2.47. The number of rotatable bonds is 3. The van der Waals surface area contributed by atoms with Gasteiger partial charge in [0.1, 0.15) is 0 Å². The van der Waals surface area contributed by atoms with Crippen molar-refractivity contribution < 1.29 is 0 Å². The molecule has 1 heterocycles. The van der Waals surface area contributed by atoms with Gasteiger partial charge in [-0.05, 0) is 6.92 Å². The van der Waals surface area contributed by atoms with Gasteiger partial charge in [-0.15, -0.1) is 0 Å². The number of nitrogens with two attached hydrogens (primary N) is 1. The first-order valence-corrected chi connectivity index (χ1v) is 6.63. The highest BCUT2D eigenvalue weighted by atomic mass is 32.2. The van der Waals surface area contributed by atoms with E-state index in [1.54, 1.807) is 0 Å². The van der Waals surface area contributed by atoms with E-state index in [0.717, 1.165) is 11.8 Å². The second kappa shape index (κ2) is 5.33. The molecule has 4 heteroatoms. The van der Waals surface area contributed by atoms with Crippen molar-refractivity contribution in [2.24, 2.45) is 11.7 Å². The molecule has 0 aromatic heterocycles. The Morgan fingerprint density at radius 2 is 2.29 bits per heavy atom. The minimum atomic E-state index is 0.336. The maximum atomic E-state index is 5.63. The minimum Gasteiger partial charge on any atom is -0.393 e. The molecule has 0 amide bonds. The molecule has 3 atom stereocenters. The molecule has 2 N–H and O–H groups in total. The standard InChI is InChI=1S/C10H20N2S2/c1-7(10(11)13)6-12-4-5-14-9(3)8(12)2/h7-9H,4-6H2,1-3H3,(H2,11,13). The molecule has 0 aliphatic carbocycles. The fourth-order valence-corrected chi connectivity index (χ4v) is 2.93. The quantitative estimate of drug-likeness (QED) is 0.751. The molecule has 0 aromatic rings. The van der Waals surface area contributed by atoms with Crippen LogP contribution in [0, 0.1) is 5.92 Å². The van der Waals surface area contributed by atoms with Gasteiger partial charge in [0, 0.05) is 36.1 Å². The van der Waals surface area contributed by atoms with Gasteiger partial charge in [0.25, 0.3) is 0 Å². The Labute approximate surface area is 96.6 Å². The highest BCUT2D eigenvalue weighted by Gasteiger charge is 2.26. The summed E-state index contributed by atoms with van der Waals surface area (Å²) in [4.78, 5) is 3.15. The fourth-order valence-electron chi connectivity index (χ4n) is 1.69. The molecule has 1 saturated heterocycles. The molecule has 2 nitrogen and oxygen atoms in total. The molecule has 3 unspecified atom stereocenters. The Balaban J connectivity index is 2.46. The van der Waals surface area contributed by atoms with E-state index < -0.39 is 0 Å². The molecule has 1 rings (SSSR count). The first-order chi connectivity index (χ1) is 6.52. The van der Waals surface area contributed by atoms with Crippen LogP contribution < -0.4 is 5.73 Å². The second-order valence-electron chi connectivity index (χ2n) is 4.11. The Morgan fingerprint density at radius 3 is 2.86 bits per heavy atom. The van der Waals surface area contributed by atoms with E-state index in [4.69, 9.17) is 18.0 Å². The zero-order chi connectivity index (χ0) is 10.7. The van der Waals surface area contributed by atoms with Crippen LogP contribution >= 0.6 is 24.0 Å². The summed E-state index contributed by atoms with van der Waals surface area (Å²) in [6.45, 7) is 8.89. The molecular weight excluding hydrogens is 212 g/mol. The maximum absolute atomic E-state index is 5.63. The lowest BCUT2D eigenvalue weighted by atomic mass is 10.1. The molecule has 1 aliphatic heterocycles. The summed E-state index contributed by atoms with van der Waals surface area (Å²) in [6, 6.07) is 0.644. The van der Waals surface area contributed by atoms with Crippen LogP contribution in [-0.4, -0.2) is 40.0 Å². The number of nitrogens with zero attached hydrogens (tertiary/aromatic N) is 1. The van der Waals surface area contributed by atoms with Crippen LogP contribution in [-0.2, 0) is 0 Å². The normalized spacial score (nSPS) is 31.4. The van der Waals surface area contributed by atoms with Gasteiger partial charge in [-0.1, -0.05) is 26.1 Å². The number of thiocarbonyl (C=S) groups is 1. The first kappa shape index (κ1) is 12.3. The predicted octanol–water partition coefficient (Wildman–Crippen LogP) is 1.73. The van der Waals surface area contributed by atoms with Crippen molar-refractivity contribution in [1.82, 2.24) is 4.90 Å². The zero-order valence-corrected chi connectivity index (χ0v) is 10.8. The van der Waals surface area contributed by atoms with E-state index >= 15 is 0 Å². The van der Waals surface area contributed by atoms with Crippen LogP contribution in [0.15, 0.2) is 0 Å². The summed E-state index contributed by atoms with van der Waals surface area (Å²) < 4.78 is 0. The third-order valence-corrected chi connectivity index (χ3v) is 4.75. The van der Waals surface area contributed by atoms with Crippen molar-refractivity contribution in [2.75, 3.05) is 18.8 Å². The van der Waals surface area contributed by atoms with Crippen molar-refractivity contribution in [2.45, 2.75) is 32.1 Å². The Bertz CT molecular complexity index is 208. The number of thioether (sulfide) groups is 1. The summed E-state index contributed by atoms with van der Waals surface area (Å²) in [5.74, 6) is 1.57. The molecule has 0 radical (unpaired) electrons. The number of hydrogen-bond acceptors (Lipinski definition) is 3. The van der Waals surface area contributed by atoms with E-state index in [0.29, 0.717) is 16.9 Å². The number of hydrogen-bond donors (Lipinski definition) is 1. The summed E-state index contributed by atoms with van der Waals surface area (Å²) in [5.41, 5.74) is 5.63. The van der Waals surface area contributed by atoms with Crippen LogP contribution in [0.3, 0.4) is 0 Å². The van der Waals surface area contributed by atoms with Crippen LogP contribution in [0.2, 0.25) is 0 Å². The van der Waals surface area contributed by atoms with Gasteiger partial charge in [0.15, 0.2) is 0 Å². The second-order valence-corrected chi connectivity index (χ2v) is 6.07. The Hall–Kier alpha value is 0.200. The van der Waals surface area contributed by atoms with Gasteiger partial charge in [-0.2, -0.15) is 11.8 Å². The lowest BCUT2D eigenvalue weighted by Gasteiger charge is -2.38. The summed E-state index contributed by atoms with van der Waals surface area (Å²) in [6.07, 6.45) is 0. The average molecular weight is 232 g/mol. The van der Waals surface area contributed by atoms with Crippen molar-refractivity contribution in [3.63, 3.8) is 0 Å². The van der Waals surface area contributed by atoms with Crippen LogP contribution in [0.4, 0.5) is 0 Å². The smallest absolute Gasteiger partial charge is 0.0768 e. The zero-order valence-electron chi connectivity index (χ0n) is 9.19. The van der Waals surface area contributed by atoms with E-state index in [1.807, 2.05) is 0 Å². The van der Waals surface area contributed by atoms with E-state index in [1.165, 1.54) is 12.3 Å². The molecule has 0 spiro atoms. The Morgan fingerprint density at radius 1 is 1.64 bits per heavy atom. The third-order valence-electron chi connectivity index (χ3n) is 3.01. The molecule has 1 fully saturated rings. The fraction of sp³-hybridized carbons (Fsp3) is 0.900. The van der Waals surface area contributed by atoms with E-state index in [-0.39, 0.29) is 0 Å². The van der Waals surface area contributed by atoms with Gasteiger partial charge in [-0.3, -0.25) is 4.90 Å². The van der Waals surface area contributed by atoms with Gasteiger partial charge < -0.3 is 5.73 Å². The van der Waals surface area contributed by atoms with Gasteiger partial charge in [0.2, 0.25) is 0 Å². The van der Waals surface area contributed by atoms with Crippen molar-refractivity contribution in [3.05, 3.63) is 0 Å². The third kappa shape index (κ3) is 3.11. The van der Waals surface area contributed by atoms with Crippen LogP contribution in [0.25, 0.3) is 0 Å². The van der Waals surface area contributed by atoms with Crippen molar-refractivity contribution in [1.29, 1.82) is 0 Å². The molecule has 82 valence electrons. The molecule has 0 bridgehead atoms. The first-order valence-electron chi connectivity index (χ1n) is 5.17. The topological polar surface area (TPSA) is 29.3 Å². The minimum absolute atomic E-state index is 0.336. The van der Waals surface area contributed by atoms with Crippen LogP contribution in [0.5, 0.6) is 0 Å². The largest absolute Gasteiger partial charge is 0.393 e. The molecular formula is C10H20N2S2. The van der Waals surface area contributed by atoms with Gasteiger partial charge >= 0.3 is 0 Å². The highest BCUT2D eigenvalue weighted by molar-refractivity contribution is 8.00. The SMILES string of the molecule is CC(CN1CCSC(C)C1C)C(N)=S. The van der Waals surface area contributed by atoms with Crippen molar-refractivity contribution in [3.8, 4) is 0 Å². The Kier molecular flexibility index (Phi) is 4.67. The summed E-state index contributed by atoms with van der Waals surface area (Å²) in [5, 5.41) is 0.724. The van der Waals surface area contributed by atoms with Crippen molar-refractivity contribution >= 4 is 29.0 Å². The predicted molar refractivity (Wildman–Crippen MR) is 68.9 cm³/mol. The highest BCUT2D eigenvalue weighted by Crippen LogP contribution is 2.24. The lowest BCUT2D eigenvalue weighted by molar-refractivity contribution is 0.201. The van der Waals surface area contributed by atoms with Crippen LogP contribution in [0.1, 0.15) is 20.8 Å². The molecule has 0 saturated carbocycles. The summed E-state index contributed by atoms with van der Waals surface area (Å²) in [7, 11) is 0. The van der Waals surface area contributed by atoms with E-state index in [2.05, 4.69) is 37.4 Å². The van der Waals surface area contributed by atoms with E-state index in [9.17, 15) is 0 Å². The van der Waals surface area contributed by atoms with Gasteiger partial charge in [0.05, 0.1) is 4.99 Å². The molecule has 0 aromatic carbocycles. The molecule has 1 aliphatic rings. The van der Waals surface area contributed by atoms with Gasteiger partial charge in [-0.25, -0.2) is 0 Å². The average Bonchev–Trinajstić information content (AvgIpc) is 2.12. The summed E-state index contributed by atoms with van der Waals surface area (Å²) >= 11 is 7.06. The monoisotopic (exact) mass is 232 g/mol. The molecule has 14 heavy (non-hydrogen) atoms.